The number of benzene rings is 8. The summed E-state index contributed by atoms with van der Waals surface area (Å²) in [6.45, 7) is 4.77. The van der Waals surface area contributed by atoms with Crippen molar-refractivity contribution in [2.24, 2.45) is 0 Å². The van der Waals surface area contributed by atoms with E-state index < -0.39 is 5.41 Å². The molecule has 0 fully saturated rings. The molecule has 9 aromatic rings. The van der Waals surface area contributed by atoms with E-state index in [1.54, 1.807) is 0 Å². The van der Waals surface area contributed by atoms with Crippen LogP contribution in [0.1, 0.15) is 47.2 Å². The molecule has 1 heterocycles. The van der Waals surface area contributed by atoms with Gasteiger partial charge in [0.1, 0.15) is 0 Å². The normalized spacial score (nSPS) is 14.4. The zero-order valence-electron chi connectivity index (χ0n) is 30.3. The summed E-state index contributed by atoms with van der Waals surface area (Å²) in [6, 6.07) is 70.1. The van der Waals surface area contributed by atoms with Crippen molar-refractivity contribution < 1.29 is 0 Å². The Morgan fingerprint density at radius 2 is 0.963 bits per heavy atom. The van der Waals surface area contributed by atoms with E-state index in [1.165, 1.54) is 81.5 Å². The second-order valence-electron chi connectivity index (χ2n) is 15.2. The molecule has 1 spiro atoms. The van der Waals surface area contributed by atoms with Gasteiger partial charge < -0.3 is 4.90 Å². The van der Waals surface area contributed by atoms with Gasteiger partial charge in [0.05, 0.1) is 11.1 Å². The van der Waals surface area contributed by atoms with Crippen molar-refractivity contribution >= 4 is 48.6 Å². The lowest BCUT2D eigenvalue weighted by atomic mass is 9.55. The average Bonchev–Trinajstić information content (AvgIpc) is 3.75. The van der Waals surface area contributed by atoms with Gasteiger partial charge in [-0.2, -0.15) is 0 Å². The third kappa shape index (κ3) is 4.26. The van der Waals surface area contributed by atoms with E-state index in [-0.39, 0.29) is 5.41 Å². The van der Waals surface area contributed by atoms with Gasteiger partial charge in [-0.25, -0.2) is 0 Å². The molecule has 0 saturated heterocycles. The lowest BCUT2D eigenvalue weighted by Crippen LogP contribution is -2.40. The van der Waals surface area contributed by atoms with Crippen molar-refractivity contribution in [2.75, 3.05) is 4.90 Å². The van der Waals surface area contributed by atoms with Gasteiger partial charge in [0, 0.05) is 42.5 Å². The van der Waals surface area contributed by atoms with Crippen molar-refractivity contribution in [2.45, 2.75) is 24.7 Å². The van der Waals surface area contributed by atoms with Crippen LogP contribution in [0.2, 0.25) is 0 Å². The van der Waals surface area contributed by atoms with Gasteiger partial charge in [0.15, 0.2) is 0 Å². The van der Waals surface area contributed by atoms with Crippen LogP contribution >= 0.6 is 11.3 Å². The third-order valence-electron chi connectivity index (χ3n) is 12.1. The van der Waals surface area contributed by atoms with Gasteiger partial charge >= 0.3 is 0 Å². The third-order valence-corrected chi connectivity index (χ3v) is 13.3. The van der Waals surface area contributed by atoms with E-state index in [1.807, 2.05) is 11.3 Å². The Bertz CT molecular complexity index is 2860. The molecular formula is C52H37NS. The predicted octanol–water partition coefficient (Wildman–Crippen LogP) is 14.2. The SMILES string of the molecule is CC1(C)c2ccccc2C2(c3ccccc3-c3c(N(c4ccccc4)c4ccc(-c5ccc6sc7ccccc7c6c5)cc4)cccc32)c2ccccc21. The van der Waals surface area contributed by atoms with Crippen LogP contribution in [0.5, 0.6) is 0 Å². The molecule has 54 heavy (non-hydrogen) atoms. The van der Waals surface area contributed by atoms with E-state index in [2.05, 4.69) is 207 Å². The Balaban J connectivity index is 1.13. The van der Waals surface area contributed by atoms with Crippen LogP contribution in [0.25, 0.3) is 42.4 Å². The molecule has 0 N–H and O–H groups in total. The monoisotopic (exact) mass is 707 g/mol. The van der Waals surface area contributed by atoms with E-state index in [0.717, 1.165) is 11.4 Å². The Morgan fingerprint density at radius 1 is 0.407 bits per heavy atom. The van der Waals surface area contributed by atoms with E-state index >= 15 is 0 Å². The highest BCUT2D eigenvalue weighted by Crippen LogP contribution is 2.64. The fourth-order valence-electron chi connectivity index (χ4n) is 9.79. The minimum atomic E-state index is -0.443. The highest BCUT2D eigenvalue weighted by molar-refractivity contribution is 7.25. The molecule has 2 heteroatoms. The number of hydrogen-bond acceptors (Lipinski definition) is 2. The number of anilines is 3. The molecule has 0 bridgehead atoms. The summed E-state index contributed by atoms with van der Waals surface area (Å²) in [6.07, 6.45) is 0. The largest absolute Gasteiger partial charge is 0.310 e. The second kappa shape index (κ2) is 11.6. The highest BCUT2D eigenvalue weighted by Gasteiger charge is 2.53. The Labute approximate surface area is 320 Å². The molecule has 0 unspecified atom stereocenters. The minimum absolute atomic E-state index is 0.132. The summed E-state index contributed by atoms with van der Waals surface area (Å²) < 4.78 is 2.66. The first-order valence-electron chi connectivity index (χ1n) is 18.9. The molecule has 0 radical (unpaired) electrons. The summed E-state index contributed by atoms with van der Waals surface area (Å²) >= 11 is 1.87. The molecule has 0 saturated carbocycles. The van der Waals surface area contributed by atoms with Gasteiger partial charge in [-0.05, 0) is 98.6 Å². The van der Waals surface area contributed by atoms with Crippen molar-refractivity contribution in [1.82, 2.24) is 0 Å². The lowest BCUT2D eigenvalue weighted by Gasteiger charge is -2.46. The maximum absolute atomic E-state index is 2.46. The molecule has 8 aromatic carbocycles. The van der Waals surface area contributed by atoms with Crippen LogP contribution in [0.4, 0.5) is 17.1 Å². The molecule has 0 aliphatic heterocycles. The molecule has 11 rings (SSSR count). The first-order chi connectivity index (χ1) is 26.5. The maximum atomic E-state index is 2.46. The van der Waals surface area contributed by atoms with Gasteiger partial charge in [-0.3, -0.25) is 0 Å². The van der Waals surface area contributed by atoms with Crippen molar-refractivity contribution in [3.8, 4) is 22.3 Å². The van der Waals surface area contributed by atoms with Gasteiger partial charge in [-0.1, -0.05) is 153 Å². The van der Waals surface area contributed by atoms with Crippen LogP contribution in [-0.2, 0) is 10.8 Å². The maximum Gasteiger partial charge on any atom is 0.0720 e. The number of para-hydroxylation sites is 1. The topological polar surface area (TPSA) is 3.24 Å². The standard InChI is InChI=1S/C52H37NS/c1-51(2)42-20-9-11-22-44(42)52(45-23-12-10-21-43(45)51)41-19-8-6-18-39(41)50-46(52)24-14-25-47(50)53(36-15-4-3-5-16-36)37-30-27-34(28-31-37)35-29-32-49-40(33-35)38-17-7-13-26-48(38)54-49/h3-33H,1-2H3. The Morgan fingerprint density at radius 3 is 1.70 bits per heavy atom. The molecule has 1 aromatic heterocycles. The highest BCUT2D eigenvalue weighted by atomic mass is 32.1. The van der Waals surface area contributed by atoms with Crippen LogP contribution in [0.3, 0.4) is 0 Å². The smallest absolute Gasteiger partial charge is 0.0720 e. The van der Waals surface area contributed by atoms with Crippen molar-refractivity contribution in [3.63, 3.8) is 0 Å². The molecule has 2 aliphatic rings. The first kappa shape index (κ1) is 31.3. The summed E-state index contributed by atoms with van der Waals surface area (Å²) in [7, 11) is 0. The zero-order chi connectivity index (χ0) is 36.0. The van der Waals surface area contributed by atoms with Gasteiger partial charge in [0.2, 0.25) is 0 Å². The summed E-state index contributed by atoms with van der Waals surface area (Å²) in [5.41, 5.74) is 16.1. The summed E-state index contributed by atoms with van der Waals surface area (Å²) in [5.74, 6) is 0. The van der Waals surface area contributed by atoms with Gasteiger partial charge in [-0.15, -0.1) is 11.3 Å². The fourth-order valence-corrected chi connectivity index (χ4v) is 10.9. The quantitative estimate of drug-likeness (QED) is 0.176. The van der Waals surface area contributed by atoms with Crippen LogP contribution in [0, 0.1) is 0 Å². The second-order valence-corrected chi connectivity index (χ2v) is 16.3. The Kier molecular flexibility index (Phi) is 6.75. The fraction of sp³-hybridized carbons (Fsp3) is 0.0769. The lowest BCUT2D eigenvalue weighted by molar-refractivity contribution is 0.563. The average molecular weight is 708 g/mol. The van der Waals surface area contributed by atoms with Crippen molar-refractivity contribution in [3.05, 3.63) is 221 Å². The molecular weight excluding hydrogens is 671 g/mol. The number of nitrogens with zero attached hydrogens (tertiary/aromatic N) is 1. The van der Waals surface area contributed by atoms with E-state index in [4.69, 9.17) is 0 Å². The summed E-state index contributed by atoms with van der Waals surface area (Å²) in [5, 5.41) is 2.65. The molecule has 0 atom stereocenters. The number of hydrogen-bond donors (Lipinski definition) is 0. The van der Waals surface area contributed by atoms with Gasteiger partial charge in [0.25, 0.3) is 0 Å². The number of fused-ring (bicyclic) bond motifs is 12. The van der Waals surface area contributed by atoms with Crippen LogP contribution in [-0.4, -0.2) is 0 Å². The van der Waals surface area contributed by atoms with Crippen molar-refractivity contribution in [1.29, 1.82) is 0 Å². The minimum Gasteiger partial charge on any atom is -0.310 e. The molecule has 2 aliphatic carbocycles. The molecule has 0 amide bonds. The number of thiophene rings is 1. The molecule has 1 nitrogen and oxygen atoms in total. The Hall–Kier alpha value is -6.22. The van der Waals surface area contributed by atoms with E-state index in [9.17, 15) is 0 Å². The first-order valence-corrected chi connectivity index (χ1v) is 19.7. The zero-order valence-corrected chi connectivity index (χ0v) is 31.1. The summed E-state index contributed by atoms with van der Waals surface area (Å²) in [4.78, 5) is 2.46. The van der Waals surface area contributed by atoms with Crippen LogP contribution < -0.4 is 4.90 Å². The number of rotatable bonds is 4. The molecule has 256 valence electrons. The van der Waals surface area contributed by atoms with E-state index in [0.29, 0.717) is 0 Å². The predicted molar refractivity (Wildman–Crippen MR) is 229 cm³/mol. The van der Waals surface area contributed by atoms with Crippen LogP contribution in [0.15, 0.2) is 188 Å².